The molecule has 0 atom stereocenters. The molecule has 0 aliphatic heterocycles. The molecule has 4 aromatic rings. The molecule has 0 aliphatic rings. The number of furan rings is 1. The van der Waals surface area contributed by atoms with Crippen LogP contribution in [0.4, 0.5) is 0 Å². The summed E-state index contributed by atoms with van der Waals surface area (Å²) in [6.45, 7) is 0. The Hall–Kier alpha value is -2.45. The molecule has 0 unspecified atom stereocenters. The predicted octanol–water partition coefficient (Wildman–Crippen LogP) is 6.19. The Balaban J connectivity index is 1.73. The minimum atomic E-state index is 0.891. The van der Waals surface area contributed by atoms with Crippen molar-refractivity contribution in [2.24, 2.45) is 0 Å². The van der Waals surface area contributed by atoms with Crippen LogP contribution >= 0.6 is 11.8 Å². The van der Waals surface area contributed by atoms with Gasteiger partial charge in [-0.05, 0) is 23.3 Å². The molecule has 2 heteroatoms. The van der Waals surface area contributed by atoms with Crippen molar-refractivity contribution in [2.75, 3.05) is 0 Å². The molecule has 0 spiro atoms. The topological polar surface area (TPSA) is 13.1 Å². The Morgan fingerprint density at radius 2 is 1.52 bits per heavy atom. The van der Waals surface area contributed by atoms with Crippen molar-refractivity contribution in [1.82, 2.24) is 0 Å². The normalized spacial score (nSPS) is 11.0. The Kier molecular flexibility index (Phi) is 3.91. The third kappa shape index (κ3) is 2.90. The summed E-state index contributed by atoms with van der Waals surface area (Å²) < 4.78 is 5.66. The van der Waals surface area contributed by atoms with Gasteiger partial charge in [-0.3, -0.25) is 0 Å². The molecule has 1 radical (unpaired) electrons. The van der Waals surface area contributed by atoms with Gasteiger partial charge in [0.1, 0.15) is 5.58 Å². The van der Waals surface area contributed by atoms with Crippen LogP contribution in [-0.4, -0.2) is 0 Å². The van der Waals surface area contributed by atoms with Gasteiger partial charge in [0.15, 0.2) is 6.26 Å². The molecule has 111 valence electrons. The summed E-state index contributed by atoms with van der Waals surface area (Å²) in [5.74, 6) is 0.944. The van der Waals surface area contributed by atoms with Crippen molar-refractivity contribution in [3.05, 3.63) is 90.7 Å². The Labute approximate surface area is 140 Å². The summed E-state index contributed by atoms with van der Waals surface area (Å²) in [6, 6.07) is 27.0. The van der Waals surface area contributed by atoms with E-state index < -0.39 is 0 Å². The van der Waals surface area contributed by atoms with Crippen LogP contribution in [0.1, 0.15) is 5.56 Å². The molecule has 0 aliphatic carbocycles. The highest BCUT2D eigenvalue weighted by Crippen LogP contribution is 2.37. The molecule has 0 saturated heterocycles. The lowest BCUT2D eigenvalue weighted by molar-refractivity contribution is 0.607. The third-order valence-corrected chi connectivity index (χ3v) is 4.93. The monoisotopic (exact) mass is 315 g/mol. The first-order valence-electron chi connectivity index (χ1n) is 7.57. The van der Waals surface area contributed by atoms with E-state index in [0.29, 0.717) is 0 Å². The summed E-state index contributed by atoms with van der Waals surface area (Å²) in [5.41, 5.74) is 4.39. The molecule has 3 aromatic carbocycles. The van der Waals surface area contributed by atoms with E-state index in [1.165, 1.54) is 10.5 Å². The molecular weight excluding hydrogens is 300 g/mol. The summed E-state index contributed by atoms with van der Waals surface area (Å²) >= 11 is 1.84. The molecule has 0 bridgehead atoms. The van der Waals surface area contributed by atoms with Crippen LogP contribution < -0.4 is 0 Å². The number of fused-ring (bicyclic) bond motifs is 1. The van der Waals surface area contributed by atoms with Gasteiger partial charge in [0.2, 0.25) is 0 Å². The van der Waals surface area contributed by atoms with Crippen molar-refractivity contribution >= 4 is 22.7 Å². The van der Waals surface area contributed by atoms with Crippen LogP contribution in [0, 0.1) is 6.26 Å². The summed E-state index contributed by atoms with van der Waals surface area (Å²) in [4.78, 5) is 1.23. The van der Waals surface area contributed by atoms with Gasteiger partial charge < -0.3 is 4.42 Å². The second-order valence-corrected chi connectivity index (χ2v) is 6.37. The van der Waals surface area contributed by atoms with Crippen molar-refractivity contribution in [2.45, 2.75) is 10.6 Å². The Morgan fingerprint density at radius 1 is 0.783 bits per heavy atom. The third-order valence-electron chi connectivity index (χ3n) is 3.80. The molecular formula is C21H15OS. The van der Waals surface area contributed by atoms with Crippen LogP contribution in [0.15, 0.2) is 88.2 Å². The summed E-state index contributed by atoms with van der Waals surface area (Å²) in [5, 5.41) is 1.15. The molecule has 1 aromatic heterocycles. The first-order valence-corrected chi connectivity index (χ1v) is 8.56. The maximum Gasteiger partial charge on any atom is 0.179 e. The zero-order valence-corrected chi connectivity index (χ0v) is 13.3. The molecule has 0 amide bonds. The Morgan fingerprint density at radius 3 is 2.30 bits per heavy atom. The fraction of sp³-hybridized carbons (Fsp3) is 0.0476. The van der Waals surface area contributed by atoms with Gasteiger partial charge in [0.25, 0.3) is 0 Å². The first-order chi connectivity index (χ1) is 11.4. The number of thioether (sulfide) groups is 1. The maximum atomic E-state index is 5.66. The lowest BCUT2D eigenvalue weighted by Crippen LogP contribution is -1.82. The summed E-state index contributed by atoms with van der Waals surface area (Å²) in [6.07, 6.45) is 3.08. The highest BCUT2D eigenvalue weighted by molar-refractivity contribution is 7.98. The highest BCUT2D eigenvalue weighted by Gasteiger charge is 2.13. The molecule has 0 fully saturated rings. The van der Waals surface area contributed by atoms with Crippen molar-refractivity contribution < 1.29 is 4.42 Å². The number of benzene rings is 3. The van der Waals surface area contributed by atoms with Gasteiger partial charge in [-0.15, -0.1) is 11.8 Å². The van der Waals surface area contributed by atoms with E-state index in [4.69, 9.17) is 4.42 Å². The van der Waals surface area contributed by atoms with Crippen LogP contribution in [-0.2, 0) is 5.75 Å². The molecule has 4 rings (SSSR count). The van der Waals surface area contributed by atoms with Gasteiger partial charge in [-0.25, -0.2) is 0 Å². The second-order valence-electron chi connectivity index (χ2n) is 5.35. The fourth-order valence-electron chi connectivity index (χ4n) is 2.66. The zero-order chi connectivity index (χ0) is 15.5. The largest absolute Gasteiger partial charge is 0.452 e. The van der Waals surface area contributed by atoms with Crippen LogP contribution in [0.5, 0.6) is 0 Å². The number of hydrogen-bond acceptors (Lipinski definition) is 2. The average molecular weight is 315 g/mol. The Bertz CT molecular complexity index is 910. The first kappa shape index (κ1) is 14.2. The standard InChI is InChI=1S/C21H15OS/c1-3-8-16(9-4-1)15-23-20-13-7-12-19-21(20)18(14-22-19)17-10-5-2-6-11-17/h1-13H,15H2. The smallest absolute Gasteiger partial charge is 0.179 e. The predicted molar refractivity (Wildman–Crippen MR) is 96.5 cm³/mol. The van der Waals surface area contributed by atoms with Gasteiger partial charge >= 0.3 is 0 Å². The van der Waals surface area contributed by atoms with E-state index in [9.17, 15) is 0 Å². The molecule has 23 heavy (non-hydrogen) atoms. The average Bonchev–Trinajstić information content (AvgIpc) is 3.06. The van der Waals surface area contributed by atoms with E-state index in [2.05, 4.69) is 48.7 Å². The van der Waals surface area contributed by atoms with Crippen LogP contribution in [0.2, 0.25) is 0 Å². The summed E-state index contributed by atoms with van der Waals surface area (Å²) in [7, 11) is 0. The van der Waals surface area contributed by atoms with E-state index in [1.807, 2.05) is 48.2 Å². The van der Waals surface area contributed by atoms with Crippen molar-refractivity contribution in [1.29, 1.82) is 0 Å². The fourth-order valence-corrected chi connectivity index (χ4v) is 3.70. The quantitative estimate of drug-likeness (QED) is 0.416. The van der Waals surface area contributed by atoms with Gasteiger partial charge in [0.05, 0.1) is 0 Å². The van der Waals surface area contributed by atoms with E-state index in [-0.39, 0.29) is 0 Å². The lowest BCUT2D eigenvalue weighted by atomic mass is 10.1. The van der Waals surface area contributed by atoms with Crippen molar-refractivity contribution in [3.8, 4) is 11.1 Å². The van der Waals surface area contributed by atoms with Crippen LogP contribution in [0.3, 0.4) is 0 Å². The highest BCUT2D eigenvalue weighted by atomic mass is 32.2. The molecule has 1 nitrogen and oxygen atoms in total. The van der Waals surface area contributed by atoms with Crippen molar-refractivity contribution in [3.63, 3.8) is 0 Å². The van der Waals surface area contributed by atoms with Gasteiger partial charge in [-0.2, -0.15) is 0 Å². The molecule has 0 N–H and O–H groups in total. The molecule has 1 heterocycles. The lowest BCUT2D eigenvalue weighted by Gasteiger charge is -2.05. The van der Waals surface area contributed by atoms with E-state index >= 15 is 0 Å². The zero-order valence-electron chi connectivity index (χ0n) is 12.5. The minimum Gasteiger partial charge on any atom is -0.452 e. The second kappa shape index (κ2) is 6.35. The van der Waals surface area contributed by atoms with Gasteiger partial charge in [0, 0.05) is 21.6 Å². The van der Waals surface area contributed by atoms with E-state index in [1.54, 1.807) is 0 Å². The maximum absolute atomic E-state index is 5.66. The van der Waals surface area contributed by atoms with Gasteiger partial charge in [-0.1, -0.05) is 66.7 Å². The van der Waals surface area contributed by atoms with E-state index in [0.717, 1.165) is 27.8 Å². The minimum absolute atomic E-state index is 0.891. The molecule has 0 saturated carbocycles. The number of hydrogen-bond donors (Lipinski definition) is 0. The number of rotatable bonds is 4. The van der Waals surface area contributed by atoms with Crippen LogP contribution in [0.25, 0.3) is 22.1 Å². The SMILES string of the molecule is [c]1oc2cccc(SCc3ccccc3)c2c1-c1ccccc1.